The van der Waals surface area contributed by atoms with Crippen molar-refractivity contribution in [3.8, 4) is 6.07 Å². The van der Waals surface area contributed by atoms with Crippen molar-refractivity contribution in [2.24, 2.45) is 0 Å². The number of likely N-dealkylation sites (tertiary alicyclic amines) is 1. The molecule has 7 heteroatoms. The summed E-state index contributed by atoms with van der Waals surface area (Å²) in [5.74, 6) is -0.405. The monoisotopic (exact) mass is 359 g/mol. The van der Waals surface area contributed by atoms with Crippen LogP contribution in [0.4, 0.5) is 10.5 Å². The smallest absolute Gasteiger partial charge is 0.410 e. The third-order valence-electron chi connectivity index (χ3n) is 4.17. The lowest BCUT2D eigenvalue weighted by Crippen LogP contribution is -2.51. The van der Waals surface area contributed by atoms with E-state index in [9.17, 15) is 14.9 Å². The number of nitriles is 1. The molecule has 0 saturated carbocycles. The maximum absolute atomic E-state index is 12.2. The molecule has 1 aromatic rings. The first kappa shape index (κ1) is 19.6. The van der Waals surface area contributed by atoms with E-state index < -0.39 is 17.1 Å². The number of ether oxygens (including phenoxy) is 2. The number of nitrogens with one attached hydrogen (secondary N) is 1. The minimum absolute atomic E-state index is 0.355. The van der Waals surface area contributed by atoms with Gasteiger partial charge in [-0.3, -0.25) is 0 Å². The molecular formula is C19H25N3O4. The summed E-state index contributed by atoms with van der Waals surface area (Å²) in [6.45, 7) is 6.36. The van der Waals surface area contributed by atoms with Gasteiger partial charge in [-0.25, -0.2) is 9.59 Å². The molecule has 140 valence electrons. The molecule has 0 aliphatic carbocycles. The summed E-state index contributed by atoms with van der Waals surface area (Å²) in [6.07, 6.45) is 0.620. The minimum Gasteiger partial charge on any atom is -0.465 e. The van der Waals surface area contributed by atoms with Gasteiger partial charge in [0.1, 0.15) is 11.1 Å². The Morgan fingerprint density at radius 3 is 2.23 bits per heavy atom. The molecule has 1 aromatic carbocycles. The Kier molecular flexibility index (Phi) is 5.76. The molecule has 0 radical (unpaired) electrons. The average molecular weight is 359 g/mol. The van der Waals surface area contributed by atoms with Crippen molar-refractivity contribution in [1.29, 1.82) is 5.26 Å². The lowest BCUT2D eigenvalue weighted by atomic mass is 9.88. The summed E-state index contributed by atoms with van der Waals surface area (Å²) < 4.78 is 10.1. The SMILES string of the molecule is COC(=O)c1ccc(NC2(C#N)CCN(C(=O)OC(C)(C)C)CC2)cc1. The van der Waals surface area contributed by atoms with E-state index in [0.717, 1.165) is 5.69 Å². The van der Waals surface area contributed by atoms with Gasteiger partial charge in [0.25, 0.3) is 0 Å². The Balaban J connectivity index is 2.00. The lowest BCUT2D eigenvalue weighted by molar-refractivity contribution is 0.0194. The maximum Gasteiger partial charge on any atom is 0.410 e. The molecule has 0 spiro atoms. The largest absolute Gasteiger partial charge is 0.465 e. The number of methoxy groups -OCH3 is 1. The Morgan fingerprint density at radius 1 is 1.19 bits per heavy atom. The Bertz CT molecular complexity index is 693. The van der Waals surface area contributed by atoms with E-state index in [1.54, 1.807) is 29.2 Å². The fourth-order valence-corrected chi connectivity index (χ4v) is 2.75. The first-order valence-electron chi connectivity index (χ1n) is 8.54. The third-order valence-corrected chi connectivity index (χ3v) is 4.17. The van der Waals surface area contributed by atoms with Crippen LogP contribution >= 0.6 is 0 Å². The zero-order chi connectivity index (χ0) is 19.4. The van der Waals surface area contributed by atoms with Crippen LogP contribution < -0.4 is 5.32 Å². The van der Waals surface area contributed by atoms with Crippen LogP contribution in [0.15, 0.2) is 24.3 Å². The summed E-state index contributed by atoms with van der Waals surface area (Å²) >= 11 is 0. The fourth-order valence-electron chi connectivity index (χ4n) is 2.75. The highest BCUT2D eigenvalue weighted by Crippen LogP contribution is 2.27. The molecule has 1 aliphatic rings. The molecule has 1 amide bonds. The number of amides is 1. The molecule has 26 heavy (non-hydrogen) atoms. The zero-order valence-electron chi connectivity index (χ0n) is 15.7. The van der Waals surface area contributed by atoms with E-state index in [0.29, 0.717) is 31.5 Å². The van der Waals surface area contributed by atoms with Gasteiger partial charge in [0.15, 0.2) is 0 Å². The summed E-state index contributed by atoms with van der Waals surface area (Å²) in [4.78, 5) is 25.3. The highest BCUT2D eigenvalue weighted by molar-refractivity contribution is 5.89. The summed E-state index contributed by atoms with van der Waals surface area (Å²) in [5.41, 5.74) is -0.111. The zero-order valence-corrected chi connectivity index (χ0v) is 15.7. The predicted octanol–water partition coefficient (Wildman–Crippen LogP) is 3.18. The van der Waals surface area contributed by atoms with Gasteiger partial charge >= 0.3 is 12.1 Å². The number of hydrogen-bond acceptors (Lipinski definition) is 6. The molecule has 2 rings (SSSR count). The first-order valence-corrected chi connectivity index (χ1v) is 8.54. The molecule has 0 aromatic heterocycles. The number of nitrogens with zero attached hydrogens (tertiary/aromatic N) is 2. The topological polar surface area (TPSA) is 91.7 Å². The average Bonchev–Trinajstić information content (AvgIpc) is 2.60. The quantitative estimate of drug-likeness (QED) is 0.834. The van der Waals surface area contributed by atoms with E-state index in [2.05, 4.69) is 16.1 Å². The fraction of sp³-hybridized carbons (Fsp3) is 0.526. The van der Waals surface area contributed by atoms with Crippen LogP contribution in [0.2, 0.25) is 0 Å². The number of benzene rings is 1. The predicted molar refractivity (Wildman–Crippen MR) is 96.8 cm³/mol. The van der Waals surface area contributed by atoms with Crippen molar-refractivity contribution in [2.75, 3.05) is 25.5 Å². The summed E-state index contributed by atoms with van der Waals surface area (Å²) in [7, 11) is 1.33. The summed E-state index contributed by atoms with van der Waals surface area (Å²) in [5, 5.41) is 12.9. The van der Waals surface area contributed by atoms with Crippen molar-refractivity contribution in [3.05, 3.63) is 29.8 Å². The second-order valence-electron chi connectivity index (χ2n) is 7.36. The van der Waals surface area contributed by atoms with Crippen molar-refractivity contribution >= 4 is 17.7 Å². The number of carbonyl (C=O) groups excluding carboxylic acids is 2. The highest BCUT2D eigenvalue weighted by atomic mass is 16.6. The standard InChI is InChI=1S/C19H25N3O4/c1-18(2,3)26-17(24)22-11-9-19(13-20,10-12-22)21-15-7-5-14(6-8-15)16(23)25-4/h5-8,21H,9-12H2,1-4H3. The normalized spacial score (nSPS) is 16.3. The third kappa shape index (κ3) is 4.88. The van der Waals surface area contributed by atoms with Gasteiger partial charge in [-0.15, -0.1) is 0 Å². The Hall–Kier alpha value is -2.75. The molecule has 1 aliphatic heterocycles. The van der Waals surface area contributed by atoms with Crippen LogP contribution in [-0.2, 0) is 9.47 Å². The van der Waals surface area contributed by atoms with Crippen LogP contribution in [-0.4, -0.2) is 48.3 Å². The molecule has 0 atom stereocenters. The second-order valence-corrected chi connectivity index (χ2v) is 7.36. The van der Waals surface area contributed by atoms with Crippen LogP contribution in [0.3, 0.4) is 0 Å². The number of carbonyl (C=O) groups is 2. The van der Waals surface area contributed by atoms with Gasteiger partial charge < -0.3 is 19.7 Å². The lowest BCUT2D eigenvalue weighted by Gasteiger charge is -2.38. The van der Waals surface area contributed by atoms with E-state index in [1.807, 2.05) is 20.8 Å². The van der Waals surface area contributed by atoms with Gasteiger partial charge in [0, 0.05) is 31.6 Å². The number of anilines is 1. The van der Waals surface area contributed by atoms with Crippen LogP contribution in [0, 0.1) is 11.3 Å². The highest BCUT2D eigenvalue weighted by Gasteiger charge is 2.37. The van der Waals surface area contributed by atoms with Crippen molar-refractivity contribution in [2.45, 2.75) is 44.8 Å². The number of esters is 1. The van der Waals surface area contributed by atoms with Crippen LogP contribution in [0.5, 0.6) is 0 Å². The Morgan fingerprint density at radius 2 is 1.77 bits per heavy atom. The van der Waals surface area contributed by atoms with E-state index >= 15 is 0 Å². The minimum atomic E-state index is -0.759. The van der Waals surface area contributed by atoms with E-state index in [1.165, 1.54) is 7.11 Å². The van der Waals surface area contributed by atoms with Gasteiger partial charge in [0.2, 0.25) is 0 Å². The van der Waals surface area contributed by atoms with Crippen molar-refractivity contribution in [3.63, 3.8) is 0 Å². The van der Waals surface area contributed by atoms with Crippen LogP contribution in [0.1, 0.15) is 44.0 Å². The second kappa shape index (κ2) is 7.65. The molecule has 1 heterocycles. The van der Waals surface area contributed by atoms with Crippen molar-refractivity contribution < 1.29 is 19.1 Å². The molecule has 0 bridgehead atoms. The maximum atomic E-state index is 12.2. The molecular weight excluding hydrogens is 334 g/mol. The van der Waals surface area contributed by atoms with Gasteiger partial charge in [-0.2, -0.15) is 5.26 Å². The van der Waals surface area contributed by atoms with Crippen molar-refractivity contribution in [1.82, 2.24) is 4.90 Å². The van der Waals surface area contributed by atoms with Gasteiger partial charge in [-0.05, 0) is 45.0 Å². The van der Waals surface area contributed by atoms with E-state index in [-0.39, 0.29) is 6.09 Å². The number of rotatable bonds is 3. The van der Waals surface area contributed by atoms with Crippen LogP contribution in [0.25, 0.3) is 0 Å². The molecule has 0 unspecified atom stereocenters. The summed E-state index contributed by atoms with van der Waals surface area (Å²) in [6, 6.07) is 9.12. The van der Waals surface area contributed by atoms with Gasteiger partial charge in [-0.1, -0.05) is 0 Å². The first-order chi connectivity index (χ1) is 12.2. The van der Waals surface area contributed by atoms with Gasteiger partial charge in [0.05, 0.1) is 18.7 Å². The molecule has 7 nitrogen and oxygen atoms in total. The molecule has 1 fully saturated rings. The Labute approximate surface area is 153 Å². The van der Waals surface area contributed by atoms with E-state index in [4.69, 9.17) is 4.74 Å². The number of hydrogen-bond donors (Lipinski definition) is 1. The number of piperidine rings is 1. The molecule has 1 N–H and O–H groups in total. The molecule has 1 saturated heterocycles.